The number of ketones is 1. The highest BCUT2D eigenvalue weighted by molar-refractivity contribution is 6.13. The van der Waals surface area contributed by atoms with E-state index in [9.17, 15) is 9.59 Å². The van der Waals surface area contributed by atoms with Gasteiger partial charge in [0.25, 0.3) is 0 Å². The quantitative estimate of drug-likeness (QED) is 0.535. The third-order valence-corrected chi connectivity index (χ3v) is 5.98. The molecule has 1 aromatic heterocycles. The van der Waals surface area contributed by atoms with Gasteiger partial charge in [-0.25, -0.2) is 4.79 Å². The molecule has 3 aromatic rings. The molecule has 5 rings (SSSR count). The molecule has 5 nitrogen and oxygen atoms in total. The number of fused-ring (bicyclic) bond motifs is 6. The Bertz CT molecular complexity index is 1310. The molecular formula is C26H24O5. The summed E-state index contributed by atoms with van der Waals surface area (Å²) >= 11 is 0. The lowest BCUT2D eigenvalue weighted by atomic mass is 9.89. The molecule has 2 aromatic carbocycles. The second kappa shape index (κ2) is 6.84. The molecular weight excluding hydrogens is 392 g/mol. The molecule has 0 radical (unpaired) electrons. The summed E-state index contributed by atoms with van der Waals surface area (Å²) in [6.45, 7) is 7.69. The highest BCUT2D eigenvalue weighted by Gasteiger charge is 2.36. The van der Waals surface area contributed by atoms with Crippen LogP contribution in [0.1, 0.15) is 59.8 Å². The van der Waals surface area contributed by atoms with Gasteiger partial charge in [-0.1, -0.05) is 30.3 Å². The minimum atomic E-state index is -0.541. The van der Waals surface area contributed by atoms with Gasteiger partial charge in [-0.15, -0.1) is 0 Å². The van der Waals surface area contributed by atoms with Crippen LogP contribution in [0.2, 0.25) is 0 Å². The van der Waals surface area contributed by atoms with Crippen molar-refractivity contribution in [2.24, 2.45) is 0 Å². The highest BCUT2D eigenvalue weighted by atomic mass is 16.5. The Labute approximate surface area is 180 Å². The van der Waals surface area contributed by atoms with Crippen molar-refractivity contribution < 1.29 is 18.7 Å². The Morgan fingerprint density at radius 1 is 1.10 bits per heavy atom. The molecule has 0 saturated heterocycles. The Morgan fingerprint density at radius 3 is 2.58 bits per heavy atom. The summed E-state index contributed by atoms with van der Waals surface area (Å²) in [4.78, 5) is 26.1. The maximum Gasteiger partial charge on any atom is 0.340 e. The van der Waals surface area contributed by atoms with Crippen LogP contribution in [0, 0.1) is 6.92 Å². The number of Topliss-reactive ketones (excluding diaryl/α,β-unsaturated/α-hetero) is 1. The molecule has 158 valence electrons. The van der Waals surface area contributed by atoms with E-state index < -0.39 is 11.2 Å². The van der Waals surface area contributed by atoms with Gasteiger partial charge in [-0.3, -0.25) is 4.79 Å². The van der Waals surface area contributed by atoms with Gasteiger partial charge in [0.2, 0.25) is 0 Å². The SMILES string of the molecule is Cc1c(Cc2ccccc2)c(=O)oc2c3c(c4c(c12)OC(C)(C)C=C4)OC(C)CC3=O. The molecule has 0 N–H and O–H groups in total. The number of aryl methyl sites for hydroxylation is 1. The van der Waals surface area contributed by atoms with Gasteiger partial charge in [0.15, 0.2) is 11.4 Å². The largest absolute Gasteiger partial charge is 0.489 e. The van der Waals surface area contributed by atoms with Crippen LogP contribution in [0.3, 0.4) is 0 Å². The number of hydrogen-bond acceptors (Lipinski definition) is 5. The van der Waals surface area contributed by atoms with E-state index in [0.29, 0.717) is 34.4 Å². The molecule has 31 heavy (non-hydrogen) atoms. The van der Waals surface area contributed by atoms with E-state index in [2.05, 4.69) is 0 Å². The first kappa shape index (κ1) is 19.6. The maximum atomic E-state index is 13.0. The molecule has 0 bridgehead atoms. The van der Waals surface area contributed by atoms with E-state index in [4.69, 9.17) is 13.9 Å². The molecule has 2 aliphatic rings. The van der Waals surface area contributed by atoms with Crippen LogP contribution in [0.15, 0.2) is 45.6 Å². The van der Waals surface area contributed by atoms with Crippen LogP contribution in [-0.2, 0) is 6.42 Å². The topological polar surface area (TPSA) is 65.7 Å². The predicted octanol–water partition coefficient (Wildman–Crippen LogP) is 5.23. The van der Waals surface area contributed by atoms with Crippen molar-refractivity contribution in [3.8, 4) is 11.5 Å². The highest BCUT2D eigenvalue weighted by Crippen LogP contribution is 2.48. The predicted molar refractivity (Wildman–Crippen MR) is 119 cm³/mol. The normalized spacial score (nSPS) is 18.8. The monoisotopic (exact) mass is 416 g/mol. The Hall–Kier alpha value is -3.34. The fraction of sp³-hybridized carbons (Fsp3) is 0.308. The molecule has 0 fully saturated rings. The minimum absolute atomic E-state index is 0.0851. The smallest absolute Gasteiger partial charge is 0.340 e. The zero-order chi connectivity index (χ0) is 21.9. The summed E-state index contributed by atoms with van der Waals surface area (Å²) in [5.74, 6) is 0.952. The lowest BCUT2D eigenvalue weighted by molar-refractivity contribution is 0.0869. The molecule has 0 aliphatic carbocycles. The summed E-state index contributed by atoms with van der Waals surface area (Å²) in [7, 11) is 0. The van der Waals surface area contributed by atoms with Gasteiger partial charge in [-0.2, -0.15) is 0 Å². The summed E-state index contributed by atoms with van der Waals surface area (Å²) in [6.07, 6.45) is 4.33. The van der Waals surface area contributed by atoms with Gasteiger partial charge in [0.05, 0.1) is 10.9 Å². The van der Waals surface area contributed by atoms with Crippen LogP contribution < -0.4 is 15.1 Å². The molecule has 3 heterocycles. The first-order valence-corrected chi connectivity index (χ1v) is 10.5. The Balaban J connectivity index is 1.86. The number of rotatable bonds is 2. The molecule has 5 heteroatoms. The van der Waals surface area contributed by atoms with Crippen LogP contribution in [0.25, 0.3) is 17.0 Å². The van der Waals surface area contributed by atoms with Crippen LogP contribution in [0.5, 0.6) is 11.5 Å². The van der Waals surface area contributed by atoms with Gasteiger partial charge in [0.1, 0.15) is 28.8 Å². The van der Waals surface area contributed by atoms with E-state index in [-0.39, 0.29) is 23.9 Å². The van der Waals surface area contributed by atoms with Gasteiger partial charge < -0.3 is 13.9 Å². The number of hydrogen-bond donors (Lipinski definition) is 0. The van der Waals surface area contributed by atoms with Crippen LogP contribution in [-0.4, -0.2) is 17.5 Å². The number of benzene rings is 2. The van der Waals surface area contributed by atoms with Crippen molar-refractivity contribution in [1.29, 1.82) is 0 Å². The van der Waals surface area contributed by atoms with E-state index in [0.717, 1.165) is 16.7 Å². The summed E-state index contributed by atoms with van der Waals surface area (Å²) in [5.41, 5.74) is 2.69. The second-order valence-corrected chi connectivity index (χ2v) is 8.90. The van der Waals surface area contributed by atoms with Crippen molar-refractivity contribution in [3.63, 3.8) is 0 Å². The molecule has 1 atom stereocenters. The van der Waals surface area contributed by atoms with E-state index in [1.54, 1.807) is 0 Å². The van der Waals surface area contributed by atoms with E-state index in [1.807, 2.05) is 70.2 Å². The lowest BCUT2D eigenvalue weighted by Crippen LogP contribution is -2.30. The number of ether oxygens (including phenoxy) is 2. The number of carbonyl (C=O) groups excluding carboxylic acids is 1. The minimum Gasteiger partial charge on any atom is -0.489 e. The van der Waals surface area contributed by atoms with Crippen molar-refractivity contribution in [1.82, 2.24) is 0 Å². The van der Waals surface area contributed by atoms with Gasteiger partial charge in [-0.05, 0) is 51.0 Å². The first-order chi connectivity index (χ1) is 14.7. The van der Waals surface area contributed by atoms with Gasteiger partial charge in [0, 0.05) is 18.4 Å². The summed E-state index contributed by atoms with van der Waals surface area (Å²) < 4.78 is 18.2. The van der Waals surface area contributed by atoms with Gasteiger partial charge >= 0.3 is 5.63 Å². The first-order valence-electron chi connectivity index (χ1n) is 10.5. The number of carbonyl (C=O) groups is 1. The fourth-order valence-corrected chi connectivity index (χ4v) is 4.43. The average Bonchev–Trinajstić information content (AvgIpc) is 2.70. The zero-order valence-electron chi connectivity index (χ0n) is 18.1. The third kappa shape index (κ3) is 3.16. The standard InChI is InChI=1S/C26H24O5/c1-14-12-19(27)21-22(29-14)17-10-11-26(3,4)31-23(17)20-15(2)18(25(28)30-24(20)21)13-16-8-6-5-7-9-16/h5-11,14H,12-13H2,1-4H3. The Morgan fingerprint density at radius 2 is 1.84 bits per heavy atom. The molecule has 1 unspecified atom stereocenters. The third-order valence-electron chi connectivity index (χ3n) is 5.98. The average molecular weight is 416 g/mol. The second-order valence-electron chi connectivity index (χ2n) is 8.90. The molecule has 2 aliphatic heterocycles. The maximum absolute atomic E-state index is 13.0. The van der Waals surface area contributed by atoms with E-state index in [1.165, 1.54) is 0 Å². The summed E-state index contributed by atoms with van der Waals surface area (Å²) in [6, 6.07) is 9.79. The molecule has 0 amide bonds. The van der Waals surface area contributed by atoms with Crippen molar-refractivity contribution in [2.75, 3.05) is 0 Å². The van der Waals surface area contributed by atoms with Crippen molar-refractivity contribution in [3.05, 3.63) is 74.6 Å². The molecule has 0 spiro atoms. The van der Waals surface area contributed by atoms with Crippen LogP contribution in [0.4, 0.5) is 0 Å². The summed E-state index contributed by atoms with van der Waals surface area (Å²) in [5, 5.41) is 0.670. The fourth-order valence-electron chi connectivity index (χ4n) is 4.43. The molecule has 0 saturated carbocycles. The van der Waals surface area contributed by atoms with Crippen molar-refractivity contribution in [2.45, 2.75) is 52.2 Å². The Kier molecular flexibility index (Phi) is 4.33. The lowest BCUT2D eigenvalue weighted by Gasteiger charge is -2.33. The zero-order valence-corrected chi connectivity index (χ0v) is 18.1. The van der Waals surface area contributed by atoms with Crippen molar-refractivity contribution >= 4 is 22.8 Å². The van der Waals surface area contributed by atoms with E-state index >= 15 is 0 Å². The van der Waals surface area contributed by atoms with Crippen LogP contribution >= 0.6 is 0 Å².